The maximum atomic E-state index is 7.40. The zero-order valence-electron chi connectivity index (χ0n) is 11.2. The van der Waals surface area contributed by atoms with Crippen molar-refractivity contribution in [1.82, 2.24) is 0 Å². The zero-order chi connectivity index (χ0) is 14.4. The second kappa shape index (κ2) is 6.96. The molecular weight excluding hydrogens is 270 g/mol. The van der Waals surface area contributed by atoms with Crippen LogP contribution in [0.4, 0.5) is 5.69 Å². The van der Waals surface area contributed by atoms with Crippen molar-refractivity contribution in [3.8, 4) is 0 Å². The summed E-state index contributed by atoms with van der Waals surface area (Å²) in [6.45, 7) is 1.40. The van der Waals surface area contributed by atoms with Gasteiger partial charge in [-0.1, -0.05) is 48.0 Å². The number of benzene rings is 2. The number of nitrogens with one attached hydrogen (secondary N) is 1. The fourth-order valence-electron chi connectivity index (χ4n) is 2.03. The van der Waals surface area contributed by atoms with Gasteiger partial charge in [0, 0.05) is 30.2 Å². The molecule has 0 spiro atoms. The lowest BCUT2D eigenvalue weighted by atomic mass is 10.2. The van der Waals surface area contributed by atoms with Crippen LogP contribution in [0.2, 0.25) is 5.02 Å². The van der Waals surface area contributed by atoms with E-state index in [9.17, 15) is 0 Å². The van der Waals surface area contributed by atoms with Crippen LogP contribution < -0.4 is 10.6 Å². The molecular formula is C16H18ClN3. The second-order valence-electron chi connectivity index (χ2n) is 4.62. The topological polar surface area (TPSA) is 53.1 Å². The largest absolute Gasteiger partial charge is 0.388 e. The van der Waals surface area contributed by atoms with Crippen LogP contribution in [0, 0.1) is 5.41 Å². The number of rotatable bonds is 6. The van der Waals surface area contributed by atoms with Crippen molar-refractivity contribution in [3.63, 3.8) is 0 Å². The SMILES string of the molecule is N=C(N)CCN(Cc1ccccc1Cl)c1ccccc1. The van der Waals surface area contributed by atoms with Gasteiger partial charge in [0.25, 0.3) is 0 Å². The summed E-state index contributed by atoms with van der Waals surface area (Å²) < 4.78 is 0. The monoisotopic (exact) mass is 287 g/mol. The summed E-state index contributed by atoms with van der Waals surface area (Å²) >= 11 is 6.22. The molecule has 0 saturated heterocycles. The molecule has 2 rings (SSSR count). The quantitative estimate of drug-likeness (QED) is 0.629. The molecule has 0 saturated carbocycles. The lowest BCUT2D eigenvalue weighted by Crippen LogP contribution is -2.27. The van der Waals surface area contributed by atoms with Crippen molar-refractivity contribution in [2.24, 2.45) is 5.73 Å². The Morgan fingerprint density at radius 3 is 2.35 bits per heavy atom. The Bertz CT molecular complexity index is 569. The summed E-state index contributed by atoms with van der Waals surface area (Å²) in [4.78, 5) is 2.18. The number of nitrogens with zero attached hydrogens (tertiary/aromatic N) is 1. The highest BCUT2D eigenvalue weighted by Gasteiger charge is 2.09. The van der Waals surface area contributed by atoms with E-state index in [2.05, 4.69) is 17.0 Å². The van der Waals surface area contributed by atoms with Crippen LogP contribution in [0.15, 0.2) is 54.6 Å². The van der Waals surface area contributed by atoms with Gasteiger partial charge in [-0.25, -0.2) is 0 Å². The summed E-state index contributed by atoms with van der Waals surface area (Å²) in [5, 5.41) is 8.16. The van der Waals surface area contributed by atoms with Crippen molar-refractivity contribution >= 4 is 23.1 Å². The van der Waals surface area contributed by atoms with Crippen molar-refractivity contribution in [3.05, 3.63) is 65.2 Å². The fourth-order valence-corrected chi connectivity index (χ4v) is 2.22. The van der Waals surface area contributed by atoms with Crippen molar-refractivity contribution in [2.75, 3.05) is 11.4 Å². The van der Waals surface area contributed by atoms with Crippen LogP contribution in [0.3, 0.4) is 0 Å². The molecule has 4 heteroatoms. The number of halogens is 1. The van der Waals surface area contributed by atoms with Gasteiger partial charge in [-0.3, -0.25) is 5.41 Å². The highest BCUT2D eigenvalue weighted by molar-refractivity contribution is 6.31. The van der Waals surface area contributed by atoms with E-state index in [1.54, 1.807) is 0 Å². The van der Waals surface area contributed by atoms with Gasteiger partial charge in [-0.05, 0) is 23.8 Å². The third kappa shape index (κ3) is 4.00. The molecule has 0 aromatic heterocycles. The number of nitrogens with two attached hydrogens (primary N) is 1. The molecule has 0 radical (unpaired) electrons. The van der Waals surface area contributed by atoms with E-state index in [0.29, 0.717) is 19.5 Å². The molecule has 0 atom stereocenters. The molecule has 0 aliphatic carbocycles. The van der Waals surface area contributed by atoms with Crippen LogP contribution in [0.5, 0.6) is 0 Å². The molecule has 0 aliphatic heterocycles. The molecule has 3 nitrogen and oxygen atoms in total. The second-order valence-corrected chi connectivity index (χ2v) is 5.03. The molecule has 0 aliphatic rings. The van der Waals surface area contributed by atoms with E-state index in [4.69, 9.17) is 22.7 Å². The molecule has 2 aromatic rings. The Hall–Kier alpha value is -2.00. The number of anilines is 1. The van der Waals surface area contributed by atoms with Gasteiger partial charge >= 0.3 is 0 Å². The lowest BCUT2D eigenvalue weighted by Gasteiger charge is -2.25. The van der Waals surface area contributed by atoms with Gasteiger partial charge in [0.15, 0.2) is 0 Å². The Morgan fingerprint density at radius 2 is 1.70 bits per heavy atom. The minimum Gasteiger partial charge on any atom is -0.388 e. The van der Waals surface area contributed by atoms with Gasteiger partial charge in [-0.15, -0.1) is 0 Å². The van der Waals surface area contributed by atoms with Gasteiger partial charge < -0.3 is 10.6 Å². The minimum absolute atomic E-state index is 0.199. The first-order valence-corrected chi connectivity index (χ1v) is 6.91. The van der Waals surface area contributed by atoms with E-state index in [1.807, 2.05) is 42.5 Å². The molecule has 0 fully saturated rings. The Morgan fingerprint density at radius 1 is 1.05 bits per heavy atom. The maximum absolute atomic E-state index is 7.40. The summed E-state index contributed by atoms with van der Waals surface area (Å²) in [6.07, 6.45) is 0.541. The standard InChI is InChI=1S/C16H18ClN3/c17-15-9-5-4-6-13(15)12-20(11-10-16(18)19)14-7-2-1-3-8-14/h1-9H,10-12H2,(H3,18,19). The highest BCUT2D eigenvalue weighted by atomic mass is 35.5. The van der Waals surface area contributed by atoms with Crippen molar-refractivity contribution in [1.29, 1.82) is 5.41 Å². The minimum atomic E-state index is 0.199. The first kappa shape index (κ1) is 14.4. The Kier molecular flexibility index (Phi) is 5.02. The molecule has 2 aromatic carbocycles. The van der Waals surface area contributed by atoms with Crippen LogP contribution in [0.25, 0.3) is 0 Å². The van der Waals surface area contributed by atoms with Gasteiger partial charge in [0.2, 0.25) is 0 Å². The highest BCUT2D eigenvalue weighted by Crippen LogP contribution is 2.21. The van der Waals surface area contributed by atoms with Crippen molar-refractivity contribution < 1.29 is 0 Å². The van der Waals surface area contributed by atoms with E-state index < -0.39 is 0 Å². The third-order valence-corrected chi connectivity index (χ3v) is 3.46. The zero-order valence-corrected chi connectivity index (χ0v) is 12.0. The molecule has 20 heavy (non-hydrogen) atoms. The average Bonchev–Trinajstić information content (AvgIpc) is 2.46. The average molecular weight is 288 g/mol. The maximum Gasteiger partial charge on any atom is 0.0923 e. The molecule has 0 bridgehead atoms. The molecule has 0 heterocycles. The number of amidine groups is 1. The van der Waals surface area contributed by atoms with Crippen molar-refractivity contribution in [2.45, 2.75) is 13.0 Å². The fraction of sp³-hybridized carbons (Fsp3) is 0.188. The first-order valence-electron chi connectivity index (χ1n) is 6.53. The van der Waals surface area contributed by atoms with Gasteiger partial charge in [-0.2, -0.15) is 0 Å². The van der Waals surface area contributed by atoms with Crippen LogP contribution in [-0.4, -0.2) is 12.4 Å². The summed E-state index contributed by atoms with van der Waals surface area (Å²) in [7, 11) is 0. The van der Waals surface area contributed by atoms with E-state index in [0.717, 1.165) is 16.3 Å². The van der Waals surface area contributed by atoms with E-state index >= 15 is 0 Å². The smallest absolute Gasteiger partial charge is 0.0923 e. The normalized spacial score (nSPS) is 10.2. The van der Waals surface area contributed by atoms with E-state index in [1.165, 1.54) is 0 Å². The molecule has 0 amide bonds. The molecule has 104 valence electrons. The Balaban J connectivity index is 2.18. The summed E-state index contributed by atoms with van der Waals surface area (Å²) in [5.41, 5.74) is 7.65. The summed E-state index contributed by atoms with van der Waals surface area (Å²) in [5.74, 6) is 0.199. The number of para-hydroxylation sites is 1. The van der Waals surface area contributed by atoms with Crippen LogP contribution in [0.1, 0.15) is 12.0 Å². The predicted molar refractivity (Wildman–Crippen MR) is 85.5 cm³/mol. The van der Waals surface area contributed by atoms with Crippen LogP contribution >= 0.6 is 11.6 Å². The molecule has 3 N–H and O–H groups in total. The first-order chi connectivity index (χ1) is 9.66. The Labute approximate surface area is 124 Å². The number of hydrogen-bond donors (Lipinski definition) is 2. The lowest BCUT2D eigenvalue weighted by molar-refractivity contribution is 0.802. The van der Waals surface area contributed by atoms with Gasteiger partial charge in [0.1, 0.15) is 0 Å². The predicted octanol–water partition coefficient (Wildman–Crippen LogP) is 3.67. The number of hydrogen-bond acceptors (Lipinski definition) is 2. The third-order valence-electron chi connectivity index (χ3n) is 3.09. The summed E-state index contributed by atoms with van der Waals surface area (Å²) in [6, 6.07) is 17.9. The van der Waals surface area contributed by atoms with Gasteiger partial charge in [0.05, 0.1) is 5.84 Å². The van der Waals surface area contributed by atoms with E-state index in [-0.39, 0.29) is 5.84 Å². The van der Waals surface area contributed by atoms with Crippen LogP contribution in [-0.2, 0) is 6.54 Å². The molecule has 0 unspecified atom stereocenters.